The van der Waals surface area contributed by atoms with Crippen molar-refractivity contribution >= 4 is 11.3 Å². The van der Waals surface area contributed by atoms with E-state index in [0.29, 0.717) is 6.04 Å². The van der Waals surface area contributed by atoms with Crippen LogP contribution in [0, 0.1) is 6.92 Å². The van der Waals surface area contributed by atoms with Crippen LogP contribution in [0.5, 0.6) is 0 Å². The highest BCUT2D eigenvalue weighted by molar-refractivity contribution is 7.13. The van der Waals surface area contributed by atoms with Crippen LogP contribution in [0.25, 0.3) is 10.8 Å². The van der Waals surface area contributed by atoms with Gasteiger partial charge >= 0.3 is 0 Å². The van der Waals surface area contributed by atoms with E-state index < -0.39 is 0 Å². The SMILES string of the molecule is Cc1cnn(C2CN(Cc3coc(-c4cccs4)n3)C2)c1. The van der Waals surface area contributed by atoms with Crippen molar-refractivity contribution in [3.05, 3.63) is 47.4 Å². The summed E-state index contributed by atoms with van der Waals surface area (Å²) in [7, 11) is 0. The summed E-state index contributed by atoms with van der Waals surface area (Å²) >= 11 is 1.65. The monoisotopic (exact) mass is 300 g/mol. The predicted molar refractivity (Wildman–Crippen MR) is 81.1 cm³/mol. The molecule has 0 atom stereocenters. The third-order valence-electron chi connectivity index (χ3n) is 3.71. The Labute approximate surface area is 126 Å². The van der Waals surface area contributed by atoms with E-state index in [-0.39, 0.29) is 0 Å². The molecule has 6 heteroatoms. The van der Waals surface area contributed by atoms with Gasteiger partial charge in [0, 0.05) is 25.8 Å². The van der Waals surface area contributed by atoms with Crippen molar-refractivity contribution in [2.24, 2.45) is 0 Å². The Bertz CT molecular complexity index is 725. The molecule has 4 heterocycles. The van der Waals surface area contributed by atoms with E-state index in [1.165, 1.54) is 5.56 Å². The number of oxazole rings is 1. The van der Waals surface area contributed by atoms with Crippen molar-refractivity contribution in [2.75, 3.05) is 13.1 Å². The van der Waals surface area contributed by atoms with Crippen molar-refractivity contribution in [3.8, 4) is 10.8 Å². The van der Waals surface area contributed by atoms with Crippen molar-refractivity contribution in [3.63, 3.8) is 0 Å². The first-order valence-corrected chi connectivity index (χ1v) is 7.87. The van der Waals surface area contributed by atoms with Crippen LogP contribution in [0.4, 0.5) is 0 Å². The number of rotatable bonds is 4. The fourth-order valence-corrected chi connectivity index (χ4v) is 3.25. The van der Waals surface area contributed by atoms with E-state index in [1.807, 2.05) is 23.7 Å². The third-order valence-corrected chi connectivity index (χ3v) is 4.57. The van der Waals surface area contributed by atoms with Crippen molar-refractivity contribution in [2.45, 2.75) is 19.5 Å². The molecule has 0 radical (unpaired) electrons. The number of aryl methyl sites for hydroxylation is 1. The lowest BCUT2D eigenvalue weighted by Gasteiger charge is -2.38. The quantitative estimate of drug-likeness (QED) is 0.743. The Balaban J connectivity index is 1.36. The Hall–Kier alpha value is -1.92. The molecule has 1 fully saturated rings. The largest absolute Gasteiger partial charge is 0.444 e. The molecule has 0 N–H and O–H groups in total. The van der Waals surface area contributed by atoms with Gasteiger partial charge in [-0.3, -0.25) is 9.58 Å². The summed E-state index contributed by atoms with van der Waals surface area (Å²) in [5, 5.41) is 6.41. The topological polar surface area (TPSA) is 47.1 Å². The van der Waals surface area contributed by atoms with Crippen LogP contribution in [0.1, 0.15) is 17.3 Å². The molecule has 108 valence electrons. The van der Waals surface area contributed by atoms with E-state index in [4.69, 9.17) is 4.42 Å². The molecule has 0 amide bonds. The van der Waals surface area contributed by atoms with Crippen LogP contribution < -0.4 is 0 Å². The zero-order valence-corrected chi connectivity index (χ0v) is 12.6. The van der Waals surface area contributed by atoms with Crippen molar-refractivity contribution < 1.29 is 4.42 Å². The number of hydrogen-bond donors (Lipinski definition) is 0. The minimum Gasteiger partial charge on any atom is -0.444 e. The average Bonchev–Trinajstić information content (AvgIpc) is 3.14. The molecule has 0 spiro atoms. The highest BCUT2D eigenvalue weighted by atomic mass is 32.1. The first-order valence-electron chi connectivity index (χ1n) is 6.99. The van der Waals surface area contributed by atoms with Gasteiger partial charge in [0.15, 0.2) is 0 Å². The second-order valence-electron chi connectivity index (χ2n) is 5.47. The Morgan fingerprint density at radius 2 is 2.33 bits per heavy atom. The maximum Gasteiger partial charge on any atom is 0.236 e. The van der Waals surface area contributed by atoms with Crippen LogP contribution in [0.2, 0.25) is 0 Å². The van der Waals surface area contributed by atoms with Gasteiger partial charge in [0.05, 0.1) is 22.8 Å². The molecule has 0 aliphatic carbocycles. The van der Waals surface area contributed by atoms with E-state index in [0.717, 1.165) is 36.1 Å². The van der Waals surface area contributed by atoms with Gasteiger partial charge in [-0.15, -0.1) is 11.3 Å². The highest BCUT2D eigenvalue weighted by Gasteiger charge is 2.29. The van der Waals surface area contributed by atoms with Crippen molar-refractivity contribution in [1.29, 1.82) is 0 Å². The van der Waals surface area contributed by atoms with Crippen LogP contribution in [0.3, 0.4) is 0 Å². The van der Waals surface area contributed by atoms with Gasteiger partial charge < -0.3 is 4.42 Å². The average molecular weight is 300 g/mol. The van der Waals surface area contributed by atoms with Crippen LogP contribution >= 0.6 is 11.3 Å². The number of likely N-dealkylation sites (tertiary alicyclic amines) is 1. The van der Waals surface area contributed by atoms with Gasteiger partial charge in [-0.25, -0.2) is 4.98 Å². The molecule has 4 rings (SSSR count). The summed E-state index contributed by atoms with van der Waals surface area (Å²) in [5.74, 6) is 0.722. The lowest BCUT2D eigenvalue weighted by atomic mass is 10.1. The molecule has 3 aromatic heterocycles. The number of aromatic nitrogens is 3. The van der Waals surface area contributed by atoms with E-state index >= 15 is 0 Å². The van der Waals surface area contributed by atoms with Crippen LogP contribution in [-0.2, 0) is 6.54 Å². The molecule has 0 aromatic carbocycles. The maximum atomic E-state index is 5.55. The minimum absolute atomic E-state index is 0.488. The molecule has 21 heavy (non-hydrogen) atoms. The fourth-order valence-electron chi connectivity index (χ4n) is 2.59. The summed E-state index contributed by atoms with van der Waals surface area (Å²) in [6.45, 7) is 4.94. The molecule has 0 saturated carbocycles. The second kappa shape index (κ2) is 5.13. The third kappa shape index (κ3) is 2.52. The minimum atomic E-state index is 0.488. The molecule has 5 nitrogen and oxygen atoms in total. The summed E-state index contributed by atoms with van der Waals surface area (Å²) in [6.07, 6.45) is 5.78. The molecule has 0 unspecified atom stereocenters. The summed E-state index contributed by atoms with van der Waals surface area (Å²) in [4.78, 5) is 7.99. The normalized spacial score (nSPS) is 16.2. The van der Waals surface area contributed by atoms with Gasteiger partial charge in [-0.1, -0.05) is 6.07 Å². The maximum absolute atomic E-state index is 5.55. The summed E-state index contributed by atoms with van der Waals surface area (Å²) in [5.41, 5.74) is 2.21. The Morgan fingerprint density at radius 3 is 3.05 bits per heavy atom. The van der Waals surface area contributed by atoms with Crippen molar-refractivity contribution in [1.82, 2.24) is 19.7 Å². The number of nitrogens with zero attached hydrogens (tertiary/aromatic N) is 4. The highest BCUT2D eigenvalue weighted by Crippen LogP contribution is 2.26. The molecular formula is C15H16N4OS. The van der Waals surface area contributed by atoms with Crippen LogP contribution in [0.15, 0.2) is 40.6 Å². The van der Waals surface area contributed by atoms with Gasteiger partial charge in [-0.2, -0.15) is 5.10 Å². The smallest absolute Gasteiger partial charge is 0.236 e. The first kappa shape index (κ1) is 12.8. The molecule has 1 aliphatic heterocycles. The molecule has 0 bridgehead atoms. The first-order chi connectivity index (χ1) is 10.3. The Morgan fingerprint density at radius 1 is 1.43 bits per heavy atom. The molecular weight excluding hydrogens is 284 g/mol. The van der Waals surface area contributed by atoms with Gasteiger partial charge in [-0.05, 0) is 23.9 Å². The zero-order chi connectivity index (χ0) is 14.2. The van der Waals surface area contributed by atoms with E-state index in [9.17, 15) is 0 Å². The predicted octanol–water partition coefficient (Wildman–Crippen LogP) is 2.96. The lowest BCUT2D eigenvalue weighted by molar-refractivity contribution is 0.0895. The van der Waals surface area contributed by atoms with Gasteiger partial charge in [0.2, 0.25) is 5.89 Å². The molecule has 3 aromatic rings. The van der Waals surface area contributed by atoms with E-state index in [1.54, 1.807) is 17.6 Å². The number of hydrogen-bond acceptors (Lipinski definition) is 5. The molecule has 1 aliphatic rings. The Kier molecular flexibility index (Phi) is 3.12. The fraction of sp³-hybridized carbons (Fsp3) is 0.333. The second-order valence-corrected chi connectivity index (χ2v) is 6.41. The lowest BCUT2D eigenvalue weighted by Crippen LogP contribution is -2.47. The summed E-state index contributed by atoms with van der Waals surface area (Å²) < 4.78 is 7.61. The van der Waals surface area contributed by atoms with Gasteiger partial charge in [0.1, 0.15) is 6.26 Å². The summed E-state index contributed by atoms with van der Waals surface area (Å²) in [6, 6.07) is 4.53. The standard InChI is InChI=1S/C15H16N4OS/c1-11-5-16-19(6-11)13-8-18(9-13)7-12-10-20-15(17-12)14-3-2-4-21-14/h2-6,10,13H,7-9H2,1H3. The van der Waals surface area contributed by atoms with Gasteiger partial charge in [0.25, 0.3) is 0 Å². The van der Waals surface area contributed by atoms with E-state index in [2.05, 4.69) is 32.8 Å². The van der Waals surface area contributed by atoms with Crippen LogP contribution in [-0.4, -0.2) is 32.8 Å². The molecule has 1 saturated heterocycles. The zero-order valence-electron chi connectivity index (χ0n) is 11.8. The number of thiophene rings is 1.